The van der Waals surface area contributed by atoms with Gasteiger partial charge in [-0.2, -0.15) is 15.0 Å². The molecule has 7 heteroatoms. The average Bonchev–Trinajstić information content (AvgIpc) is 2.48. The highest BCUT2D eigenvalue weighted by molar-refractivity contribution is 5.62. The van der Waals surface area contributed by atoms with Gasteiger partial charge in [-0.3, -0.25) is 0 Å². The van der Waals surface area contributed by atoms with Crippen LogP contribution in [0, 0.1) is 0 Å². The van der Waals surface area contributed by atoms with Crippen LogP contribution in [0.4, 0.5) is 17.6 Å². The molecule has 1 aromatic carbocycles. The largest absolute Gasteiger partial charge is 0.506 e. The predicted molar refractivity (Wildman–Crippen MR) is 78.9 cm³/mol. The summed E-state index contributed by atoms with van der Waals surface area (Å²) >= 11 is 0. The number of hydrogen-bond donors (Lipinski definition) is 3. The molecule has 7 nitrogen and oxygen atoms in total. The molecule has 0 bridgehead atoms. The molecule has 0 fully saturated rings. The molecule has 0 aliphatic heterocycles. The summed E-state index contributed by atoms with van der Waals surface area (Å²) < 4.78 is 0. The number of hydrogen-bond acceptors (Lipinski definition) is 7. The molecule has 4 N–H and O–H groups in total. The standard InChI is InChI=1S/C14H12N6O/c15-13-18-12(11-10(21)7-4-8-16-11)19-14(20-13)17-9-5-2-1-3-6-9/h1-8,21H,(H3,15,17,18,19,20). The molecule has 104 valence electrons. The molecule has 0 unspecified atom stereocenters. The molecular formula is C14H12N6O. The van der Waals surface area contributed by atoms with Gasteiger partial charge in [0.15, 0.2) is 5.82 Å². The van der Waals surface area contributed by atoms with E-state index in [1.165, 1.54) is 6.07 Å². The van der Waals surface area contributed by atoms with Gasteiger partial charge >= 0.3 is 0 Å². The van der Waals surface area contributed by atoms with Crippen molar-refractivity contribution in [2.75, 3.05) is 11.1 Å². The smallest absolute Gasteiger partial charge is 0.232 e. The van der Waals surface area contributed by atoms with E-state index in [1.54, 1.807) is 12.3 Å². The minimum Gasteiger partial charge on any atom is -0.506 e. The normalized spacial score (nSPS) is 10.3. The Morgan fingerprint density at radius 2 is 1.76 bits per heavy atom. The van der Waals surface area contributed by atoms with Crippen molar-refractivity contribution in [1.82, 2.24) is 19.9 Å². The summed E-state index contributed by atoms with van der Waals surface area (Å²) in [5.74, 6) is 0.519. The summed E-state index contributed by atoms with van der Waals surface area (Å²) in [5.41, 5.74) is 6.76. The molecule has 0 atom stereocenters. The van der Waals surface area contributed by atoms with E-state index >= 15 is 0 Å². The van der Waals surface area contributed by atoms with E-state index in [0.29, 0.717) is 0 Å². The molecule has 3 aromatic rings. The van der Waals surface area contributed by atoms with Crippen molar-refractivity contribution in [3.63, 3.8) is 0 Å². The van der Waals surface area contributed by atoms with Crippen LogP contribution in [0.2, 0.25) is 0 Å². The first-order chi connectivity index (χ1) is 10.2. The first kappa shape index (κ1) is 12.8. The number of nitrogen functional groups attached to an aromatic ring is 1. The minimum atomic E-state index is -0.0197. The molecule has 0 radical (unpaired) electrons. The van der Waals surface area contributed by atoms with Gasteiger partial charge in [-0.15, -0.1) is 0 Å². The maximum absolute atomic E-state index is 9.81. The number of aromatic hydroxyl groups is 1. The summed E-state index contributed by atoms with van der Waals surface area (Å²) in [7, 11) is 0. The second-order valence-electron chi connectivity index (χ2n) is 4.20. The van der Waals surface area contributed by atoms with Crippen LogP contribution in [0.1, 0.15) is 0 Å². The SMILES string of the molecule is Nc1nc(Nc2ccccc2)nc(-c2ncccc2O)n1. The maximum Gasteiger partial charge on any atom is 0.232 e. The van der Waals surface area contributed by atoms with Crippen LogP contribution in [-0.4, -0.2) is 25.0 Å². The third kappa shape index (κ3) is 2.86. The third-order valence-corrected chi connectivity index (χ3v) is 2.68. The van der Waals surface area contributed by atoms with Crippen LogP contribution in [-0.2, 0) is 0 Å². The molecule has 0 spiro atoms. The quantitative estimate of drug-likeness (QED) is 0.672. The lowest BCUT2D eigenvalue weighted by atomic mass is 10.3. The maximum atomic E-state index is 9.81. The Morgan fingerprint density at radius 3 is 2.52 bits per heavy atom. The fourth-order valence-electron chi connectivity index (χ4n) is 1.77. The number of benzene rings is 1. The van der Waals surface area contributed by atoms with Crippen LogP contribution >= 0.6 is 0 Å². The van der Waals surface area contributed by atoms with Gasteiger partial charge in [0.1, 0.15) is 11.4 Å². The van der Waals surface area contributed by atoms with Crippen molar-refractivity contribution in [1.29, 1.82) is 0 Å². The number of anilines is 3. The zero-order chi connectivity index (χ0) is 14.7. The van der Waals surface area contributed by atoms with Crippen LogP contribution in [0.3, 0.4) is 0 Å². The Bertz CT molecular complexity index is 762. The summed E-state index contributed by atoms with van der Waals surface area (Å²) in [6.45, 7) is 0. The van der Waals surface area contributed by atoms with Crippen LogP contribution in [0.5, 0.6) is 5.75 Å². The van der Waals surface area contributed by atoms with Gasteiger partial charge < -0.3 is 16.2 Å². The van der Waals surface area contributed by atoms with Crippen LogP contribution < -0.4 is 11.1 Å². The zero-order valence-corrected chi connectivity index (χ0v) is 10.9. The molecule has 0 amide bonds. The number of pyridine rings is 1. The Balaban J connectivity index is 1.99. The molecule has 0 aliphatic rings. The number of nitrogens with one attached hydrogen (secondary N) is 1. The monoisotopic (exact) mass is 280 g/mol. The first-order valence-corrected chi connectivity index (χ1v) is 6.20. The highest BCUT2D eigenvalue weighted by Crippen LogP contribution is 2.24. The van der Waals surface area contributed by atoms with E-state index in [-0.39, 0.29) is 29.2 Å². The molecule has 3 rings (SSSR count). The van der Waals surface area contributed by atoms with E-state index in [1.807, 2.05) is 30.3 Å². The van der Waals surface area contributed by atoms with E-state index in [9.17, 15) is 5.11 Å². The lowest BCUT2D eigenvalue weighted by molar-refractivity contribution is 0.474. The van der Waals surface area contributed by atoms with Gasteiger partial charge in [0.05, 0.1) is 0 Å². The molecule has 0 saturated heterocycles. The van der Waals surface area contributed by atoms with Crippen molar-refractivity contribution in [2.45, 2.75) is 0 Å². The lowest BCUT2D eigenvalue weighted by Crippen LogP contribution is -2.05. The van der Waals surface area contributed by atoms with Crippen LogP contribution in [0.25, 0.3) is 11.5 Å². The Hall–Kier alpha value is -3.22. The number of rotatable bonds is 3. The van der Waals surface area contributed by atoms with Gasteiger partial charge in [0, 0.05) is 11.9 Å². The van der Waals surface area contributed by atoms with E-state index in [4.69, 9.17) is 5.73 Å². The molecular weight excluding hydrogens is 268 g/mol. The van der Waals surface area contributed by atoms with Crippen molar-refractivity contribution >= 4 is 17.6 Å². The fraction of sp³-hybridized carbons (Fsp3) is 0. The lowest BCUT2D eigenvalue weighted by Gasteiger charge is -2.07. The van der Waals surface area contributed by atoms with E-state index in [0.717, 1.165) is 5.69 Å². The second-order valence-corrected chi connectivity index (χ2v) is 4.20. The van der Waals surface area contributed by atoms with Crippen molar-refractivity contribution in [3.05, 3.63) is 48.7 Å². The average molecular weight is 280 g/mol. The summed E-state index contributed by atoms with van der Waals surface area (Å²) in [6, 6.07) is 12.6. The summed E-state index contributed by atoms with van der Waals surface area (Å²) in [5, 5.41) is 12.8. The fourth-order valence-corrected chi connectivity index (χ4v) is 1.77. The van der Waals surface area contributed by atoms with Gasteiger partial charge in [-0.1, -0.05) is 18.2 Å². The first-order valence-electron chi connectivity index (χ1n) is 6.20. The number of para-hydroxylation sites is 1. The second kappa shape index (κ2) is 5.41. The summed E-state index contributed by atoms with van der Waals surface area (Å²) in [6.07, 6.45) is 1.54. The number of nitrogens with two attached hydrogens (primary N) is 1. The third-order valence-electron chi connectivity index (χ3n) is 2.68. The van der Waals surface area contributed by atoms with Crippen molar-refractivity contribution < 1.29 is 5.11 Å². The topological polar surface area (TPSA) is 110 Å². The van der Waals surface area contributed by atoms with Gasteiger partial charge in [0.25, 0.3) is 0 Å². The molecule has 0 aliphatic carbocycles. The van der Waals surface area contributed by atoms with E-state index < -0.39 is 0 Å². The Morgan fingerprint density at radius 1 is 0.952 bits per heavy atom. The van der Waals surface area contributed by atoms with Gasteiger partial charge in [-0.25, -0.2) is 4.98 Å². The van der Waals surface area contributed by atoms with Gasteiger partial charge in [-0.05, 0) is 24.3 Å². The minimum absolute atomic E-state index is 0.0197. The highest BCUT2D eigenvalue weighted by Gasteiger charge is 2.11. The van der Waals surface area contributed by atoms with Crippen LogP contribution in [0.15, 0.2) is 48.7 Å². The molecule has 2 heterocycles. The molecule has 2 aromatic heterocycles. The Kier molecular flexibility index (Phi) is 3.30. The zero-order valence-electron chi connectivity index (χ0n) is 10.9. The Labute approximate surface area is 120 Å². The predicted octanol–water partition coefficient (Wildman–Crippen LogP) is 1.96. The van der Waals surface area contributed by atoms with Crippen molar-refractivity contribution in [2.24, 2.45) is 0 Å². The molecule has 0 saturated carbocycles. The highest BCUT2D eigenvalue weighted by atomic mass is 16.3. The molecule has 21 heavy (non-hydrogen) atoms. The number of nitrogens with zero attached hydrogens (tertiary/aromatic N) is 4. The summed E-state index contributed by atoms with van der Waals surface area (Å²) in [4.78, 5) is 16.3. The van der Waals surface area contributed by atoms with E-state index in [2.05, 4.69) is 25.3 Å². The number of aromatic nitrogens is 4. The van der Waals surface area contributed by atoms with Gasteiger partial charge in [0.2, 0.25) is 11.9 Å². The van der Waals surface area contributed by atoms with Crippen molar-refractivity contribution in [3.8, 4) is 17.3 Å².